The fourth-order valence-corrected chi connectivity index (χ4v) is 0. The van der Waals surface area contributed by atoms with Crippen LogP contribution in [0.15, 0.2) is 12.7 Å². The largest absolute Gasteiger partial charge is 1.00 e. The average molecular weight is 96.1 g/mol. The molecule has 1 N–H and O–H groups in total. The minimum Gasteiger partial charge on any atom is -1.00 e. The van der Waals surface area contributed by atoms with Crippen molar-refractivity contribution in [3.8, 4) is 0 Å². The van der Waals surface area contributed by atoms with Gasteiger partial charge in [-0.2, -0.15) is 0 Å². The standard InChI is InChI=1S/C4H8O.Na.H/c1-3-4(2)5;;/h3-5H,1H2,2H3;;/q;+1;-1. The second-order valence-corrected chi connectivity index (χ2v) is 0.976. The zero-order valence-corrected chi connectivity index (χ0v) is 6.31. The maximum absolute atomic E-state index is 8.24. The van der Waals surface area contributed by atoms with Gasteiger partial charge < -0.3 is 6.53 Å². The van der Waals surface area contributed by atoms with E-state index in [9.17, 15) is 0 Å². The first kappa shape index (κ1) is 9.85. The first-order chi connectivity index (χ1) is 2.27. The SMILES string of the molecule is C=CC(C)O.[H-].[Na+]. The van der Waals surface area contributed by atoms with Gasteiger partial charge in [-0.05, 0) is 6.92 Å². The molecule has 0 amide bonds. The third kappa shape index (κ3) is 8.83. The van der Waals surface area contributed by atoms with Crippen LogP contribution in [0.1, 0.15) is 8.35 Å². The molecule has 0 fully saturated rings. The van der Waals surface area contributed by atoms with Crippen molar-refractivity contribution >= 4 is 0 Å². The van der Waals surface area contributed by atoms with E-state index in [0.717, 1.165) is 0 Å². The van der Waals surface area contributed by atoms with Crippen molar-refractivity contribution in [3.63, 3.8) is 0 Å². The van der Waals surface area contributed by atoms with Gasteiger partial charge in [0.2, 0.25) is 0 Å². The summed E-state index contributed by atoms with van der Waals surface area (Å²) in [5, 5.41) is 8.24. The summed E-state index contributed by atoms with van der Waals surface area (Å²) in [5.74, 6) is 0. The van der Waals surface area contributed by atoms with Crippen LogP contribution in [0.25, 0.3) is 0 Å². The Morgan fingerprint density at radius 2 is 2.17 bits per heavy atom. The summed E-state index contributed by atoms with van der Waals surface area (Å²) < 4.78 is 0. The van der Waals surface area contributed by atoms with Crippen LogP contribution in [0.5, 0.6) is 0 Å². The molecule has 0 bridgehead atoms. The molecular formula is C4H9NaO. The van der Waals surface area contributed by atoms with E-state index in [1.54, 1.807) is 6.92 Å². The monoisotopic (exact) mass is 96.1 g/mol. The van der Waals surface area contributed by atoms with Gasteiger partial charge in [-0.15, -0.1) is 6.58 Å². The molecule has 0 saturated carbocycles. The molecular weight excluding hydrogens is 87.0 g/mol. The Kier molecular flexibility index (Phi) is 9.36. The normalized spacial score (nSPS) is 11.7. The molecule has 6 heavy (non-hydrogen) atoms. The maximum atomic E-state index is 8.24. The summed E-state index contributed by atoms with van der Waals surface area (Å²) in [6.45, 7) is 4.97. The van der Waals surface area contributed by atoms with Gasteiger partial charge in [-0.3, -0.25) is 0 Å². The number of aliphatic hydroxyl groups is 1. The van der Waals surface area contributed by atoms with Gasteiger partial charge in [0.25, 0.3) is 0 Å². The smallest absolute Gasteiger partial charge is 1.00 e. The van der Waals surface area contributed by atoms with Crippen molar-refractivity contribution in [3.05, 3.63) is 12.7 Å². The van der Waals surface area contributed by atoms with E-state index < -0.39 is 0 Å². The number of aliphatic hydroxyl groups excluding tert-OH is 1. The van der Waals surface area contributed by atoms with Crippen LogP contribution >= 0.6 is 0 Å². The molecule has 0 spiro atoms. The predicted molar refractivity (Wildman–Crippen MR) is 23.0 cm³/mol. The zero-order valence-electron chi connectivity index (χ0n) is 5.31. The minimum atomic E-state index is -0.352. The van der Waals surface area contributed by atoms with Crippen molar-refractivity contribution in [1.82, 2.24) is 0 Å². The molecule has 1 nitrogen and oxygen atoms in total. The van der Waals surface area contributed by atoms with Gasteiger partial charge >= 0.3 is 29.6 Å². The van der Waals surface area contributed by atoms with Gasteiger partial charge in [0.15, 0.2) is 0 Å². The predicted octanol–water partition coefficient (Wildman–Crippen LogP) is -2.33. The molecule has 0 aliphatic heterocycles. The quantitative estimate of drug-likeness (QED) is 0.287. The number of hydrogen-bond acceptors (Lipinski definition) is 1. The molecule has 2 heteroatoms. The Balaban J connectivity index is -0.0000000800. The number of rotatable bonds is 1. The fraction of sp³-hybridized carbons (Fsp3) is 0.500. The molecule has 0 aromatic carbocycles. The molecule has 0 aromatic rings. The van der Waals surface area contributed by atoms with Crippen LogP contribution in [0.2, 0.25) is 0 Å². The first-order valence-electron chi connectivity index (χ1n) is 1.58. The van der Waals surface area contributed by atoms with E-state index in [1.807, 2.05) is 0 Å². The molecule has 0 radical (unpaired) electrons. The van der Waals surface area contributed by atoms with Gasteiger partial charge in [-0.1, -0.05) is 6.08 Å². The molecule has 0 aromatic heterocycles. The van der Waals surface area contributed by atoms with E-state index in [-0.39, 0.29) is 37.1 Å². The molecule has 0 rings (SSSR count). The summed E-state index contributed by atoms with van der Waals surface area (Å²) in [4.78, 5) is 0. The van der Waals surface area contributed by atoms with Crippen LogP contribution in [-0.4, -0.2) is 11.2 Å². The van der Waals surface area contributed by atoms with E-state index in [4.69, 9.17) is 5.11 Å². The summed E-state index contributed by atoms with van der Waals surface area (Å²) in [5.41, 5.74) is 0. The summed E-state index contributed by atoms with van der Waals surface area (Å²) in [6, 6.07) is 0. The van der Waals surface area contributed by atoms with Gasteiger partial charge in [-0.25, -0.2) is 0 Å². The Morgan fingerprint density at radius 1 is 2.00 bits per heavy atom. The second-order valence-electron chi connectivity index (χ2n) is 0.976. The van der Waals surface area contributed by atoms with Crippen LogP contribution in [0.3, 0.4) is 0 Å². The van der Waals surface area contributed by atoms with Crippen LogP contribution in [0.4, 0.5) is 0 Å². The van der Waals surface area contributed by atoms with E-state index in [0.29, 0.717) is 0 Å². The van der Waals surface area contributed by atoms with Gasteiger partial charge in [0, 0.05) is 0 Å². The Labute approximate surface area is 61.8 Å². The van der Waals surface area contributed by atoms with Gasteiger partial charge in [0.1, 0.15) is 0 Å². The Bertz CT molecular complexity index is 38.7. The van der Waals surface area contributed by atoms with E-state index >= 15 is 0 Å². The topological polar surface area (TPSA) is 20.2 Å². The molecule has 0 aliphatic carbocycles. The minimum absolute atomic E-state index is 0. The van der Waals surface area contributed by atoms with Crippen molar-refractivity contribution in [2.45, 2.75) is 13.0 Å². The molecule has 0 saturated heterocycles. The zero-order chi connectivity index (χ0) is 4.28. The second kappa shape index (κ2) is 5.70. The molecule has 0 aliphatic rings. The molecule has 1 atom stereocenters. The van der Waals surface area contributed by atoms with Crippen LogP contribution in [-0.2, 0) is 0 Å². The molecule has 32 valence electrons. The van der Waals surface area contributed by atoms with Crippen molar-refractivity contribution in [2.75, 3.05) is 0 Å². The average Bonchev–Trinajstić information content (AvgIpc) is 1.38. The van der Waals surface area contributed by atoms with Crippen molar-refractivity contribution in [2.24, 2.45) is 0 Å². The maximum Gasteiger partial charge on any atom is 1.00 e. The van der Waals surface area contributed by atoms with Gasteiger partial charge in [0.05, 0.1) is 6.10 Å². The fourth-order valence-electron chi connectivity index (χ4n) is 0. The van der Waals surface area contributed by atoms with Crippen molar-refractivity contribution < 1.29 is 36.1 Å². The Morgan fingerprint density at radius 3 is 2.17 bits per heavy atom. The summed E-state index contributed by atoms with van der Waals surface area (Å²) in [6.07, 6.45) is 1.12. The molecule has 1 unspecified atom stereocenters. The van der Waals surface area contributed by atoms with Crippen LogP contribution in [0, 0.1) is 0 Å². The Hall–Kier alpha value is 0.700. The van der Waals surface area contributed by atoms with E-state index in [2.05, 4.69) is 6.58 Å². The summed E-state index contributed by atoms with van der Waals surface area (Å²) >= 11 is 0. The van der Waals surface area contributed by atoms with E-state index in [1.165, 1.54) is 6.08 Å². The summed E-state index contributed by atoms with van der Waals surface area (Å²) in [7, 11) is 0. The first-order valence-corrected chi connectivity index (χ1v) is 1.58. The third-order valence-corrected chi connectivity index (χ3v) is 0.341. The van der Waals surface area contributed by atoms with Crippen molar-refractivity contribution in [1.29, 1.82) is 0 Å². The van der Waals surface area contributed by atoms with Crippen LogP contribution < -0.4 is 29.6 Å². The molecule has 0 heterocycles. The third-order valence-electron chi connectivity index (χ3n) is 0.341. The number of hydrogen-bond donors (Lipinski definition) is 1.